The topological polar surface area (TPSA) is 34.1 Å². The fraction of sp³-hybridized carbons (Fsp3) is 0.400. The molecule has 1 saturated carbocycles. The first-order valence-corrected chi connectivity index (χ1v) is 8.12. The van der Waals surface area contributed by atoms with Crippen LogP contribution in [0.25, 0.3) is 0 Å². The van der Waals surface area contributed by atoms with Gasteiger partial charge in [0, 0.05) is 8.04 Å². The second-order valence-electron chi connectivity index (χ2n) is 3.67. The second-order valence-corrected chi connectivity index (χ2v) is 7.97. The van der Waals surface area contributed by atoms with Crippen molar-refractivity contribution in [1.82, 2.24) is 0 Å². The van der Waals surface area contributed by atoms with Crippen LogP contribution in [-0.2, 0) is 9.84 Å². The minimum absolute atomic E-state index is 0.160. The van der Waals surface area contributed by atoms with Crippen molar-refractivity contribution < 1.29 is 8.42 Å². The molecule has 5 heteroatoms. The van der Waals surface area contributed by atoms with Gasteiger partial charge in [0.1, 0.15) is 0 Å². The number of halogens is 2. The highest BCUT2D eigenvalue weighted by Crippen LogP contribution is 2.34. The first kappa shape index (κ1) is 11.9. The highest BCUT2D eigenvalue weighted by Gasteiger charge is 2.33. The van der Waals surface area contributed by atoms with E-state index in [1.54, 1.807) is 12.1 Å². The summed E-state index contributed by atoms with van der Waals surface area (Å²) in [5.74, 6) is 0. The summed E-state index contributed by atoms with van der Waals surface area (Å²) in [5.41, 5.74) is 0. The van der Waals surface area contributed by atoms with Crippen LogP contribution in [0, 0.1) is 3.57 Å². The van der Waals surface area contributed by atoms with E-state index in [4.69, 9.17) is 0 Å². The SMILES string of the molecule is O=S(=O)(c1cc(I)ccc1Br)C1CCC1. The predicted octanol–water partition coefficient (Wildman–Crippen LogP) is 3.38. The molecule has 0 N–H and O–H groups in total. The molecule has 2 nitrogen and oxygen atoms in total. The molecule has 0 radical (unpaired) electrons. The molecule has 1 aromatic carbocycles. The van der Waals surface area contributed by atoms with Crippen LogP contribution in [0.15, 0.2) is 27.6 Å². The molecular weight excluding hydrogens is 391 g/mol. The largest absolute Gasteiger partial charge is 0.223 e. The molecule has 15 heavy (non-hydrogen) atoms. The maximum Gasteiger partial charge on any atom is 0.182 e. The van der Waals surface area contributed by atoms with E-state index in [1.165, 1.54) is 0 Å². The average molecular weight is 401 g/mol. The molecule has 1 aliphatic rings. The molecule has 0 atom stereocenters. The van der Waals surface area contributed by atoms with E-state index in [0.717, 1.165) is 22.8 Å². The van der Waals surface area contributed by atoms with Crippen LogP contribution >= 0.6 is 38.5 Å². The summed E-state index contributed by atoms with van der Waals surface area (Å²) in [7, 11) is -3.11. The van der Waals surface area contributed by atoms with E-state index in [0.29, 0.717) is 9.37 Å². The quantitative estimate of drug-likeness (QED) is 0.713. The lowest BCUT2D eigenvalue weighted by Crippen LogP contribution is -2.28. The Morgan fingerprint density at radius 1 is 1.33 bits per heavy atom. The average Bonchev–Trinajstić information content (AvgIpc) is 2.05. The van der Waals surface area contributed by atoms with Gasteiger partial charge >= 0.3 is 0 Å². The van der Waals surface area contributed by atoms with Gasteiger partial charge in [-0.15, -0.1) is 0 Å². The lowest BCUT2D eigenvalue weighted by Gasteiger charge is -2.25. The van der Waals surface area contributed by atoms with Crippen LogP contribution in [0.3, 0.4) is 0 Å². The third kappa shape index (κ3) is 2.24. The Kier molecular flexibility index (Phi) is 3.42. The minimum Gasteiger partial charge on any atom is -0.223 e. The van der Waals surface area contributed by atoms with E-state index in [2.05, 4.69) is 38.5 Å². The Morgan fingerprint density at radius 3 is 2.53 bits per heavy atom. The first-order chi connectivity index (χ1) is 7.01. The van der Waals surface area contributed by atoms with Crippen molar-refractivity contribution in [2.45, 2.75) is 29.4 Å². The molecule has 0 unspecified atom stereocenters. The summed E-state index contributed by atoms with van der Waals surface area (Å²) in [6.45, 7) is 0. The van der Waals surface area contributed by atoms with Gasteiger partial charge in [0.2, 0.25) is 0 Å². The molecule has 1 aromatic rings. The Bertz CT molecular complexity index is 480. The highest BCUT2D eigenvalue weighted by molar-refractivity contribution is 14.1. The molecule has 1 fully saturated rings. The van der Waals surface area contributed by atoms with E-state index in [-0.39, 0.29) is 5.25 Å². The maximum atomic E-state index is 12.2. The summed E-state index contributed by atoms with van der Waals surface area (Å²) in [4.78, 5) is 0.444. The fourth-order valence-electron chi connectivity index (χ4n) is 1.56. The smallest absolute Gasteiger partial charge is 0.182 e. The van der Waals surface area contributed by atoms with Gasteiger partial charge in [-0.05, 0) is 69.6 Å². The second kappa shape index (κ2) is 4.33. The molecule has 1 aliphatic carbocycles. The Morgan fingerprint density at radius 2 is 2.00 bits per heavy atom. The lowest BCUT2D eigenvalue weighted by molar-refractivity contribution is 0.476. The lowest BCUT2D eigenvalue weighted by atomic mass is 10.00. The molecule has 0 heterocycles. The monoisotopic (exact) mass is 400 g/mol. The zero-order valence-corrected chi connectivity index (χ0v) is 12.5. The van der Waals surface area contributed by atoms with Crippen molar-refractivity contribution >= 4 is 48.4 Å². The van der Waals surface area contributed by atoms with E-state index in [1.807, 2.05) is 6.07 Å². The number of benzene rings is 1. The zero-order valence-electron chi connectivity index (χ0n) is 7.91. The summed E-state index contributed by atoms with van der Waals surface area (Å²) in [6.07, 6.45) is 2.64. The Labute approximate surface area is 112 Å². The van der Waals surface area contributed by atoms with Gasteiger partial charge in [0.25, 0.3) is 0 Å². The van der Waals surface area contributed by atoms with Crippen molar-refractivity contribution in [3.8, 4) is 0 Å². The molecule has 0 aromatic heterocycles. The fourth-order valence-corrected chi connectivity index (χ4v) is 5.13. The number of rotatable bonds is 2. The normalized spacial score (nSPS) is 17.5. The number of hydrogen-bond donors (Lipinski definition) is 0. The molecule has 0 spiro atoms. The van der Waals surface area contributed by atoms with Crippen molar-refractivity contribution in [3.63, 3.8) is 0 Å². The third-order valence-corrected chi connectivity index (χ3v) is 6.62. The van der Waals surface area contributed by atoms with E-state index >= 15 is 0 Å². The van der Waals surface area contributed by atoms with Gasteiger partial charge in [-0.3, -0.25) is 0 Å². The van der Waals surface area contributed by atoms with Crippen molar-refractivity contribution in [1.29, 1.82) is 0 Å². The van der Waals surface area contributed by atoms with Gasteiger partial charge in [0.15, 0.2) is 9.84 Å². The van der Waals surface area contributed by atoms with Crippen molar-refractivity contribution in [2.75, 3.05) is 0 Å². The van der Waals surface area contributed by atoms with Crippen LogP contribution in [-0.4, -0.2) is 13.7 Å². The van der Waals surface area contributed by atoms with Gasteiger partial charge in [-0.25, -0.2) is 8.42 Å². The van der Waals surface area contributed by atoms with Gasteiger partial charge in [0.05, 0.1) is 10.1 Å². The van der Waals surface area contributed by atoms with Crippen molar-refractivity contribution in [2.24, 2.45) is 0 Å². The first-order valence-electron chi connectivity index (χ1n) is 4.71. The zero-order chi connectivity index (χ0) is 11.1. The standard InChI is InChI=1S/C10H10BrIO2S/c11-9-5-4-7(12)6-10(9)15(13,14)8-2-1-3-8/h4-6,8H,1-3H2. The van der Waals surface area contributed by atoms with Crippen LogP contribution in [0.1, 0.15) is 19.3 Å². The Hall–Kier alpha value is 0.380. The summed E-state index contributed by atoms with van der Waals surface area (Å²) in [5, 5.41) is -0.160. The molecule has 82 valence electrons. The molecule has 2 rings (SSSR count). The van der Waals surface area contributed by atoms with Crippen LogP contribution in [0.4, 0.5) is 0 Å². The summed E-state index contributed by atoms with van der Waals surface area (Å²) >= 11 is 5.44. The van der Waals surface area contributed by atoms with Gasteiger partial charge in [-0.2, -0.15) is 0 Å². The molecular formula is C10H10BrIO2S. The van der Waals surface area contributed by atoms with Crippen LogP contribution < -0.4 is 0 Å². The third-order valence-electron chi connectivity index (χ3n) is 2.69. The number of hydrogen-bond acceptors (Lipinski definition) is 2. The van der Waals surface area contributed by atoms with Crippen LogP contribution in [0.2, 0.25) is 0 Å². The van der Waals surface area contributed by atoms with Gasteiger partial charge in [-0.1, -0.05) is 6.42 Å². The highest BCUT2D eigenvalue weighted by atomic mass is 127. The summed E-state index contributed by atoms with van der Waals surface area (Å²) in [6, 6.07) is 5.43. The molecule has 0 saturated heterocycles. The minimum atomic E-state index is -3.11. The predicted molar refractivity (Wildman–Crippen MR) is 71.7 cm³/mol. The van der Waals surface area contributed by atoms with Crippen molar-refractivity contribution in [3.05, 3.63) is 26.2 Å². The molecule has 0 bridgehead atoms. The number of sulfone groups is 1. The van der Waals surface area contributed by atoms with E-state index in [9.17, 15) is 8.42 Å². The molecule has 0 aliphatic heterocycles. The van der Waals surface area contributed by atoms with Gasteiger partial charge < -0.3 is 0 Å². The summed E-state index contributed by atoms with van der Waals surface area (Å²) < 4.78 is 25.9. The van der Waals surface area contributed by atoms with E-state index < -0.39 is 9.84 Å². The molecule has 0 amide bonds. The maximum absolute atomic E-state index is 12.2. The van der Waals surface area contributed by atoms with Crippen LogP contribution in [0.5, 0.6) is 0 Å². The Balaban J connectivity index is 2.48.